The lowest BCUT2D eigenvalue weighted by atomic mass is 9.89. The van der Waals surface area contributed by atoms with E-state index in [0.717, 1.165) is 19.3 Å². The zero-order valence-electron chi connectivity index (χ0n) is 24.5. The van der Waals surface area contributed by atoms with Gasteiger partial charge in [-0.05, 0) is 66.2 Å². The van der Waals surface area contributed by atoms with Crippen LogP contribution in [0.4, 0.5) is 0 Å². The lowest BCUT2D eigenvalue weighted by molar-refractivity contribution is -0.171. The molecule has 0 aromatic heterocycles. The van der Waals surface area contributed by atoms with E-state index in [9.17, 15) is 27.0 Å². The molecule has 13 heteroatoms. The molecule has 2 heterocycles. The maximum Gasteiger partial charge on any atom is 0.344 e. The minimum atomic E-state index is -3.53. The average molecular weight is 619 g/mol. The van der Waals surface area contributed by atoms with Gasteiger partial charge in [-0.2, -0.15) is 8.42 Å². The van der Waals surface area contributed by atoms with Crippen LogP contribution in [0, 0.1) is 34.5 Å². The van der Waals surface area contributed by atoms with E-state index >= 15 is 0 Å². The summed E-state index contributed by atoms with van der Waals surface area (Å²) in [5.41, 5.74) is -1.10. The Morgan fingerprint density at radius 1 is 0.829 bits per heavy atom. The Balaban J connectivity index is 0.000000169. The number of hydrogen-bond acceptors (Lipinski definition) is 11. The number of carbonyl (C=O) groups excluding carboxylic acids is 3. The summed E-state index contributed by atoms with van der Waals surface area (Å²) < 4.78 is 62.1. The molecule has 0 aromatic rings. The number of hydrogen-bond donors (Lipinski definition) is 0. The fourth-order valence-corrected chi connectivity index (χ4v) is 10.5. The summed E-state index contributed by atoms with van der Waals surface area (Å²) >= 11 is -1.17. The van der Waals surface area contributed by atoms with E-state index < -0.39 is 68.0 Å². The van der Waals surface area contributed by atoms with Crippen LogP contribution in [-0.4, -0.2) is 72.1 Å². The molecule has 0 spiro atoms. The predicted molar refractivity (Wildman–Crippen MR) is 146 cm³/mol. The SMILES string of the molecule is CCC(C)(C)C(=O)OC1C2CC3C1OS(=O)C3C2.CCC(C)(C)C(=O)OCC(=O)OC1C2CC3C1OS(=O)(=O)C3C2. The van der Waals surface area contributed by atoms with Crippen LogP contribution >= 0.6 is 0 Å². The van der Waals surface area contributed by atoms with E-state index in [2.05, 4.69) is 0 Å². The van der Waals surface area contributed by atoms with E-state index in [1.54, 1.807) is 13.8 Å². The summed E-state index contributed by atoms with van der Waals surface area (Å²) in [7, 11) is -3.53. The lowest BCUT2D eigenvalue weighted by Crippen LogP contribution is -2.40. The summed E-state index contributed by atoms with van der Waals surface area (Å²) in [5, 5.41) is -0.259. The molecule has 41 heavy (non-hydrogen) atoms. The highest BCUT2D eigenvalue weighted by Gasteiger charge is 2.65. The van der Waals surface area contributed by atoms with Crippen molar-refractivity contribution in [2.24, 2.45) is 34.5 Å². The summed E-state index contributed by atoms with van der Waals surface area (Å²) in [4.78, 5) is 35.9. The summed E-state index contributed by atoms with van der Waals surface area (Å²) in [6.07, 6.45) is 3.01. The summed E-state index contributed by atoms with van der Waals surface area (Å²) in [5.74, 6) is -0.632. The molecule has 4 bridgehead atoms. The fourth-order valence-electron chi connectivity index (χ4n) is 7.01. The maximum atomic E-state index is 12.1. The molecule has 0 aromatic carbocycles. The third-order valence-electron chi connectivity index (χ3n) is 10.4. The van der Waals surface area contributed by atoms with Crippen molar-refractivity contribution in [3.63, 3.8) is 0 Å². The molecule has 2 saturated heterocycles. The minimum Gasteiger partial charge on any atom is -0.459 e. The number of carbonyl (C=O) groups is 3. The molecule has 232 valence electrons. The zero-order chi connectivity index (χ0) is 30.1. The van der Waals surface area contributed by atoms with Crippen LogP contribution in [-0.2, 0) is 58.2 Å². The van der Waals surface area contributed by atoms with E-state index in [4.69, 9.17) is 22.6 Å². The number of esters is 3. The molecular weight excluding hydrogens is 576 g/mol. The smallest absolute Gasteiger partial charge is 0.344 e. The molecule has 11 atom stereocenters. The minimum absolute atomic E-state index is 0.0130. The van der Waals surface area contributed by atoms with Gasteiger partial charge in [0.1, 0.15) is 24.4 Å². The van der Waals surface area contributed by atoms with Crippen LogP contribution in [0.3, 0.4) is 0 Å². The quantitative estimate of drug-likeness (QED) is 0.225. The normalized spacial score (nSPS) is 40.7. The molecule has 4 saturated carbocycles. The number of ether oxygens (including phenoxy) is 3. The summed E-state index contributed by atoms with van der Waals surface area (Å²) in [6, 6.07) is 0. The summed E-state index contributed by atoms with van der Waals surface area (Å²) in [6.45, 7) is 10.7. The van der Waals surface area contributed by atoms with Gasteiger partial charge in [0, 0.05) is 23.7 Å². The van der Waals surface area contributed by atoms with Gasteiger partial charge < -0.3 is 14.2 Å². The van der Waals surface area contributed by atoms with E-state index in [0.29, 0.717) is 31.1 Å². The fraction of sp³-hybridized carbons (Fsp3) is 0.893. The molecule has 0 amide bonds. The number of rotatable bonds is 8. The maximum absolute atomic E-state index is 12.1. The van der Waals surface area contributed by atoms with Crippen molar-refractivity contribution in [2.45, 2.75) is 115 Å². The Labute approximate surface area is 244 Å². The van der Waals surface area contributed by atoms with Gasteiger partial charge in [0.05, 0.1) is 21.3 Å². The second-order valence-electron chi connectivity index (χ2n) is 13.6. The third kappa shape index (κ3) is 5.48. The Hall–Kier alpha value is -1.57. The Morgan fingerprint density at radius 3 is 2.07 bits per heavy atom. The molecule has 4 aliphatic carbocycles. The Bertz CT molecular complexity index is 1210. The van der Waals surface area contributed by atoms with Gasteiger partial charge in [0.2, 0.25) is 0 Å². The van der Waals surface area contributed by atoms with Gasteiger partial charge >= 0.3 is 17.9 Å². The third-order valence-corrected chi connectivity index (χ3v) is 13.6. The van der Waals surface area contributed by atoms with Crippen molar-refractivity contribution in [3.05, 3.63) is 0 Å². The molecule has 11 nitrogen and oxygen atoms in total. The zero-order valence-corrected chi connectivity index (χ0v) is 26.2. The van der Waals surface area contributed by atoms with E-state index in [1.807, 2.05) is 27.7 Å². The first-order valence-corrected chi connectivity index (χ1v) is 17.3. The highest BCUT2D eigenvalue weighted by atomic mass is 32.2. The van der Waals surface area contributed by atoms with Crippen LogP contribution in [0.5, 0.6) is 0 Å². The molecule has 2 aliphatic heterocycles. The molecular formula is C28H42O11S2. The lowest BCUT2D eigenvalue weighted by Gasteiger charge is -2.29. The van der Waals surface area contributed by atoms with Crippen LogP contribution in [0.1, 0.15) is 80.1 Å². The number of fused-ring (bicyclic) bond motifs is 2. The van der Waals surface area contributed by atoms with Gasteiger partial charge in [0.15, 0.2) is 17.7 Å². The van der Waals surface area contributed by atoms with Crippen molar-refractivity contribution >= 4 is 39.1 Å². The van der Waals surface area contributed by atoms with Crippen LogP contribution < -0.4 is 0 Å². The monoisotopic (exact) mass is 618 g/mol. The van der Waals surface area contributed by atoms with Gasteiger partial charge in [-0.3, -0.25) is 18.0 Å². The van der Waals surface area contributed by atoms with Crippen molar-refractivity contribution in [1.82, 2.24) is 0 Å². The highest BCUT2D eigenvalue weighted by molar-refractivity contribution is 7.87. The van der Waals surface area contributed by atoms with Gasteiger partial charge in [0.25, 0.3) is 10.1 Å². The van der Waals surface area contributed by atoms with Gasteiger partial charge in [-0.25, -0.2) is 9.00 Å². The first-order valence-electron chi connectivity index (χ1n) is 14.7. The first-order chi connectivity index (χ1) is 19.1. The molecule has 6 fully saturated rings. The van der Waals surface area contributed by atoms with Crippen molar-refractivity contribution < 1.29 is 49.6 Å². The molecule has 0 N–H and O–H groups in total. The molecule has 6 aliphatic rings. The second kappa shape index (κ2) is 10.9. The first kappa shape index (κ1) is 30.9. The molecule has 11 unspecified atom stereocenters. The van der Waals surface area contributed by atoms with Crippen LogP contribution in [0.25, 0.3) is 0 Å². The Kier molecular flexibility index (Phi) is 8.17. The van der Waals surface area contributed by atoms with Crippen molar-refractivity contribution in [1.29, 1.82) is 0 Å². The van der Waals surface area contributed by atoms with Gasteiger partial charge in [-0.1, -0.05) is 13.8 Å². The second-order valence-corrected chi connectivity index (χ2v) is 16.7. The largest absolute Gasteiger partial charge is 0.459 e. The standard InChI is InChI=1S/C15H22O7S.C13H20O4S/c1-4-15(2,3)14(17)20-7-11(16)21-12-8-5-9-10(6-8)23(18,19)22-13(9)12;1-4-13(2,3)12(14)16-10-7-5-8-9(6-7)18(15)17-11(8)10/h8-10,12-13H,4-7H2,1-3H3;7-11H,4-6H2,1-3H3. The van der Waals surface area contributed by atoms with Crippen molar-refractivity contribution in [3.8, 4) is 0 Å². The van der Waals surface area contributed by atoms with E-state index in [-0.39, 0.29) is 35.3 Å². The van der Waals surface area contributed by atoms with Crippen LogP contribution in [0.15, 0.2) is 0 Å². The van der Waals surface area contributed by atoms with Crippen LogP contribution in [0.2, 0.25) is 0 Å². The van der Waals surface area contributed by atoms with Crippen molar-refractivity contribution in [2.75, 3.05) is 6.61 Å². The van der Waals surface area contributed by atoms with E-state index in [1.165, 1.54) is 0 Å². The highest BCUT2D eigenvalue weighted by Crippen LogP contribution is 2.56. The Morgan fingerprint density at radius 2 is 1.41 bits per heavy atom. The molecule has 0 radical (unpaired) electrons. The predicted octanol–water partition coefficient (Wildman–Crippen LogP) is 2.82. The molecule has 6 rings (SSSR count). The topological polar surface area (TPSA) is 149 Å². The van der Waals surface area contributed by atoms with Gasteiger partial charge in [-0.15, -0.1) is 0 Å². The average Bonchev–Trinajstić information content (AvgIpc) is 3.72.